The fourth-order valence-corrected chi connectivity index (χ4v) is 1.65. The second-order valence-electron chi connectivity index (χ2n) is 3.27. The zero-order valence-corrected chi connectivity index (χ0v) is 10.6. The summed E-state index contributed by atoms with van der Waals surface area (Å²) in [4.78, 5) is 22.3. The summed E-state index contributed by atoms with van der Waals surface area (Å²) in [6, 6.07) is 2.03. The minimum Gasteiger partial charge on any atom is -0.346 e. The van der Waals surface area contributed by atoms with Gasteiger partial charge in [-0.3, -0.25) is 9.59 Å². The van der Waals surface area contributed by atoms with Gasteiger partial charge in [0.2, 0.25) is 11.8 Å². The summed E-state index contributed by atoms with van der Waals surface area (Å²) >= 11 is 11.4. The topological polar surface area (TPSA) is 84.2 Å². The molecule has 0 bridgehead atoms. The van der Waals surface area contributed by atoms with Crippen molar-refractivity contribution in [3.05, 3.63) is 28.0 Å². The predicted molar refractivity (Wildman–Crippen MR) is 67.1 cm³/mol. The molecule has 0 saturated carbocycles. The van der Waals surface area contributed by atoms with E-state index in [1.165, 1.54) is 0 Å². The van der Waals surface area contributed by atoms with Gasteiger partial charge in [-0.15, -0.1) is 0 Å². The van der Waals surface area contributed by atoms with Gasteiger partial charge in [-0.25, -0.2) is 4.39 Å². The SMILES string of the molecule is NCC(=O)NCC(=O)Nc1c(Cl)cc(F)cc1Cl. The molecule has 8 heteroatoms. The Kier molecular flexibility index (Phi) is 5.33. The molecule has 1 rings (SSSR count). The number of hydrogen-bond donors (Lipinski definition) is 3. The number of rotatable bonds is 4. The lowest BCUT2D eigenvalue weighted by molar-refractivity contribution is -0.123. The molecule has 2 amide bonds. The van der Waals surface area contributed by atoms with Gasteiger partial charge in [0.1, 0.15) is 5.82 Å². The average Bonchev–Trinajstić information content (AvgIpc) is 2.30. The van der Waals surface area contributed by atoms with E-state index in [2.05, 4.69) is 10.6 Å². The molecule has 0 aliphatic heterocycles. The summed E-state index contributed by atoms with van der Waals surface area (Å²) in [5.41, 5.74) is 5.14. The molecular weight excluding hydrogens is 284 g/mol. The molecule has 0 radical (unpaired) electrons. The van der Waals surface area contributed by atoms with Gasteiger partial charge in [-0.05, 0) is 12.1 Å². The Labute approximate surface area is 112 Å². The lowest BCUT2D eigenvalue weighted by Crippen LogP contribution is -2.36. The van der Waals surface area contributed by atoms with Gasteiger partial charge in [0.05, 0.1) is 28.8 Å². The Balaban J connectivity index is 2.68. The highest BCUT2D eigenvalue weighted by molar-refractivity contribution is 6.39. The van der Waals surface area contributed by atoms with Crippen LogP contribution in [0.2, 0.25) is 10.0 Å². The molecule has 0 saturated heterocycles. The van der Waals surface area contributed by atoms with Gasteiger partial charge in [-0.2, -0.15) is 0 Å². The summed E-state index contributed by atoms with van der Waals surface area (Å²) in [7, 11) is 0. The minimum atomic E-state index is -0.612. The predicted octanol–water partition coefficient (Wildman–Crippen LogP) is 1.15. The molecule has 0 aliphatic rings. The Hall–Kier alpha value is -1.37. The number of benzene rings is 1. The average molecular weight is 294 g/mol. The van der Waals surface area contributed by atoms with Crippen molar-refractivity contribution in [3.63, 3.8) is 0 Å². The molecule has 0 aliphatic carbocycles. The first-order chi connectivity index (χ1) is 8.43. The first kappa shape index (κ1) is 14.7. The Morgan fingerprint density at radius 1 is 1.22 bits per heavy atom. The Morgan fingerprint density at radius 2 is 1.78 bits per heavy atom. The van der Waals surface area contributed by atoms with Gasteiger partial charge in [0.25, 0.3) is 0 Å². The number of halogens is 3. The van der Waals surface area contributed by atoms with E-state index in [-0.39, 0.29) is 28.8 Å². The van der Waals surface area contributed by atoms with Crippen molar-refractivity contribution in [2.75, 3.05) is 18.4 Å². The summed E-state index contributed by atoms with van der Waals surface area (Å²) in [5.74, 6) is -1.63. The zero-order chi connectivity index (χ0) is 13.7. The summed E-state index contributed by atoms with van der Waals surface area (Å²) in [5, 5.41) is 4.57. The van der Waals surface area contributed by atoms with Crippen LogP contribution in [0.4, 0.5) is 10.1 Å². The van der Waals surface area contributed by atoms with E-state index in [1.54, 1.807) is 0 Å². The first-order valence-corrected chi connectivity index (χ1v) is 5.60. The van der Waals surface area contributed by atoms with Crippen LogP contribution < -0.4 is 16.4 Å². The van der Waals surface area contributed by atoms with Gasteiger partial charge in [-0.1, -0.05) is 23.2 Å². The van der Waals surface area contributed by atoms with E-state index < -0.39 is 17.6 Å². The number of anilines is 1. The maximum Gasteiger partial charge on any atom is 0.243 e. The second-order valence-corrected chi connectivity index (χ2v) is 4.09. The van der Waals surface area contributed by atoms with Crippen molar-refractivity contribution in [1.82, 2.24) is 5.32 Å². The van der Waals surface area contributed by atoms with Crippen molar-refractivity contribution in [2.45, 2.75) is 0 Å². The number of hydrogen-bond acceptors (Lipinski definition) is 3. The van der Waals surface area contributed by atoms with Crippen molar-refractivity contribution in [2.24, 2.45) is 5.73 Å². The van der Waals surface area contributed by atoms with Crippen LogP contribution in [0, 0.1) is 5.82 Å². The molecule has 1 aromatic carbocycles. The smallest absolute Gasteiger partial charge is 0.243 e. The number of carbonyl (C=O) groups is 2. The van der Waals surface area contributed by atoms with Crippen molar-refractivity contribution in [1.29, 1.82) is 0 Å². The third-order valence-electron chi connectivity index (χ3n) is 1.90. The zero-order valence-electron chi connectivity index (χ0n) is 9.10. The molecule has 0 fully saturated rings. The van der Waals surface area contributed by atoms with E-state index in [1.807, 2.05) is 0 Å². The molecule has 1 aromatic rings. The van der Waals surface area contributed by atoms with Crippen LogP contribution in [0.15, 0.2) is 12.1 Å². The van der Waals surface area contributed by atoms with Crippen molar-refractivity contribution < 1.29 is 14.0 Å². The number of nitrogens with one attached hydrogen (secondary N) is 2. The maximum atomic E-state index is 12.9. The van der Waals surface area contributed by atoms with Gasteiger partial charge in [0.15, 0.2) is 0 Å². The molecule has 4 N–H and O–H groups in total. The van der Waals surface area contributed by atoms with E-state index in [0.717, 1.165) is 12.1 Å². The highest BCUT2D eigenvalue weighted by atomic mass is 35.5. The largest absolute Gasteiger partial charge is 0.346 e. The minimum absolute atomic E-state index is 0.0292. The second kappa shape index (κ2) is 6.53. The van der Waals surface area contributed by atoms with Crippen LogP contribution >= 0.6 is 23.2 Å². The number of amides is 2. The van der Waals surface area contributed by atoms with Gasteiger partial charge >= 0.3 is 0 Å². The van der Waals surface area contributed by atoms with E-state index >= 15 is 0 Å². The first-order valence-electron chi connectivity index (χ1n) is 4.85. The molecule has 0 spiro atoms. The molecule has 98 valence electrons. The summed E-state index contributed by atoms with van der Waals surface area (Å²) in [6.07, 6.45) is 0. The molecular formula is C10H10Cl2FN3O2. The number of nitrogens with two attached hydrogens (primary N) is 1. The molecule has 5 nitrogen and oxygen atoms in total. The molecule has 0 atom stereocenters. The van der Waals surface area contributed by atoms with Crippen LogP contribution in [-0.2, 0) is 9.59 Å². The monoisotopic (exact) mass is 293 g/mol. The lowest BCUT2D eigenvalue weighted by Gasteiger charge is -2.09. The normalized spacial score (nSPS) is 10.0. The standard InChI is InChI=1S/C10H10Cl2FN3O2/c11-6-1-5(13)2-7(12)10(6)16-9(18)4-15-8(17)3-14/h1-2H,3-4,14H2,(H,15,17)(H,16,18). The van der Waals surface area contributed by atoms with Crippen LogP contribution in [0.25, 0.3) is 0 Å². The van der Waals surface area contributed by atoms with Crippen molar-refractivity contribution >= 4 is 40.7 Å². The van der Waals surface area contributed by atoms with Crippen LogP contribution in [0.5, 0.6) is 0 Å². The summed E-state index contributed by atoms with van der Waals surface area (Å²) in [6.45, 7) is -0.495. The Morgan fingerprint density at radius 3 is 2.28 bits per heavy atom. The van der Waals surface area contributed by atoms with E-state index in [0.29, 0.717) is 0 Å². The third kappa shape index (κ3) is 4.14. The fraction of sp³-hybridized carbons (Fsp3) is 0.200. The molecule has 0 unspecified atom stereocenters. The van der Waals surface area contributed by atoms with Gasteiger partial charge < -0.3 is 16.4 Å². The van der Waals surface area contributed by atoms with Gasteiger partial charge in [0, 0.05) is 0 Å². The highest BCUT2D eigenvalue weighted by Gasteiger charge is 2.12. The lowest BCUT2D eigenvalue weighted by atomic mass is 10.3. The van der Waals surface area contributed by atoms with Crippen LogP contribution in [0.3, 0.4) is 0 Å². The highest BCUT2D eigenvalue weighted by Crippen LogP contribution is 2.31. The maximum absolute atomic E-state index is 12.9. The molecule has 0 heterocycles. The van der Waals surface area contributed by atoms with E-state index in [4.69, 9.17) is 28.9 Å². The van der Waals surface area contributed by atoms with E-state index in [9.17, 15) is 14.0 Å². The fourth-order valence-electron chi connectivity index (χ4n) is 1.10. The van der Waals surface area contributed by atoms with Crippen molar-refractivity contribution in [3.8, 4) is 0 Å². The van der Waals surface area contributed by atoms with Crippen LogP contribution in [-0.4, -0.2) is 24.9 Å². The molecule has 0 aromatic heterocycles. The quantitative estimate of drug-likeness (QED) is 0.778. The summed E-state index contributed by atoms with van der Waals surface area (Å²) < 4.78 is 12.9. The molecule has 18 heavy (non-hydrogen) atoms. The Bertz CT molecular complexity index is 459. The number of carbonyl (C=O) groups excluding carboxylic acids is 2. The van der Waals surface area contributed by atoms with Crippen LogP contribution in [0.1, 0.15) is 0 Å². The third-order valence-corrected chi connectivity index (χ3v) is 2.50.